The molecule has 2 N–H and O–H groups in total. The molecule has 0 heterocycles. The Morgan fingerprint density at radius 1 is 1.41 bits per heavy atom. The van der Waals surface area contributed by atoms with E-state index >= 15 is 0 Å². The summed E-state index contributed by atoms with van der Waals surface area (Å²) in [5.41, 5.74) is 1.76. The van der Waals surface area contributed by atoms with Crippen molar-refractivity contribution in [1.29, 1.82) is 0 Å². The van der Waals surface area contributed by atoms with E-state index in [1.54, 1.807) is 12.1 Å². The van der Waals surface area contributed by atoms with Crippen LogP contribution >= 0.6 is 15.9 Å². The summed E-state index contributed by atoms with van der Waals surface area (Å²) in [6.07, 6.45) is 1.17. The van der Waals surface area contributed by atoms with Crippen LogP contribution in [0.4, 0.5) is 0 Å². The van der Waals surface area contributed by atoms with Gasteiger partial charge in [-0.1, -0.05) is 41.4 Å². The fraction of sp³-hybridized carbons (Fsp3) is 0.462. The molecular weight excluding hydrogens is 282 g/mol. The van der Waals surface area contributed by atoms with Gasteiger partial charge in [0.25, 0.3) is 5.91 Å². The van der Waals surface area contributed by atoms with Gasteiger partial charge in [-0.2, -0.15) is 0 Å². The maximum absolute atomic E-state index is 11.7. The van der Waals surface area contributed by atoms with E-state index in [9.17, 15) is 9.90 Å². The number of halogens is 1. The third-order valence-electron chi connectivity index (χ3n) is 2.49. The van der Waals surface area contributed by atoms with Crippen molar-refractivity contribution in [3.05, 3.63) is 35.4 Å². The van der Waals surface area contributed by atoms with Crippen LogP contribution in [0.2, 0.25) is 0 Å². The van der Waals surface area contributed by atoms with Crippen molar-refractivity contribution >= 4 is 21.8 Å². The summed E-state index contributed by atoms with van der Waals surface area (Å²) < 4.78 is 0. The first-order valence-corrected chi connectivity index (χ1v) is 6.90. The molecule has 0 aliphatic carbocycles. The van der Waals surface area contributed by atoms with Crippen LogP contribution in [0, 0.1) is 0 Å². The fourth-order valence-electron chi connectivity index (χ4n) is 1.49. The highest BCUT2D eigenvalue weighted by Gasteiger charge is 2.08. The summed E-state index contributed by atoms with van der Waals surface area (Å²) in [7, 11) is 0. The molecule has 4 heteroatoms. The molecule has 0 radical (unpaired) electrons. The zero-order valence-corrected chi connectivity index (χ0v) is 11.5. The standard InChI is InChI=1S/C13H18BrNO2/c1-2-3-12(16)9-15-13(17)11-6-4-10(8-14)5-7-11/h4-7,12,16H,2-3,8-9H2,1H3,(H,15,17). The first kappa shape index (κ1) is 14.2. The van der Waals surface area contributed by atoms with Crippen LogP contribution in [-0.4, -0.2) is 23.7 Å². The zero-order valence-electron chi connectivity index (χ0n) is 9.95. The molecule has 0 fully saturated rings. The third kappa shape index (κ3) is 4.88. The van der Waals surface area contributed by atoms with Gasteiger partial charge in [0.15, 0.2) is 0 Å². The van der Waals surface area contributed by atoms with Gasteiger partial charge in [0.2, 0.25) is 0 Å². The van der Waals surface area contributed by atoms with E-state index in [4.69, 9.17) is 0 Å². The molecular formula is C13H18BrNO2. The second-order valence-corrected chi connectivity index (χ2v) is 4.54. The highest BCUT2D eigenvalue weighted by atomic mass is 79.9. The molecule has 1 aromatic carbocycles. The van der Waals surface area contributed by atoms with Crippen LogP contribution in [0.25, 0.3) is 0 Å². The van der Waals surface area contributed by atoms with E-state index in [2.05, 4.69) is 21.2 Å². The van der Waals surface area contributed by atoms with Crippen LogP contribution in [0.3, 0.4) is 0 Å². The van der Waals surface area contributed by atoms with Gasteiger partial charge >= 0.3 is 0 Å². The average molecular weight is 300 g/mol. The Kier molecular flexibility index (Phi) is 6.22. The SMILES string of the molecule is CCCC(O)CNC(=O)c1ccc(CBr)cc1. The number of carbonyl (C=O) groups is 1. The van der Waals surface area contributed by atoms with E-state index in [-0.39, 0.29) is 5.91 Å². The van der Waals surface area contributed by atoms with Crippen molar-refractivity contribution in [2.45, 2.75) is 31.2 Å². The highest BCUT2D eigenvalue weighted by Crippen LogP contribution is 2.07. The van der Waals surface area contributed by atoms with Gasteiger partial charge in [0.05, 0.1) is 6.10 Å². The Hall–Kier alpha value is -0.870. The lowest BCUT2D eigenvalue weighted by Gasteiger charge is -2.10. The molecule has 94 valence electrons. The lowest BCUT2D eigenvalue weighted by Crippen LogP contribution is -2.31. The summed E-state index contributed by atoms with van der Waals surface area (Å²) in [6, 6.07) is 7.40. The smallest absolute Gasteiger partial charge is 0.251 e. The molecule has 3 nitrogen and oxygen atoms in total. The van der Waals surface area contributed by atoms with Gasteiger partial charge in [0, 0.05) is 17.4 Å². The van der Waals surface area contributed by atoms with Gasteiger partial charge in [0.1, 0.15) is 0 Å². The number of amides is 1. The molecule has 0 saturated carbocycles. The van der Waals surface area contributed by atoms with Crippen LogP contribution < -0.4 is 5.32 Å². The Balaban J connectivity index is 2.46. The van der Waals surface area contributed by atoms with Crippen LogP contribution in [-0.2, 0) is 5.33 Å². The van der Waals surface area contributed by atoms with Crippen molar-refractivity contribution in [2.75, 3.05) is 6.54 Å². The molecule has 0 spiro atoms. The molecule has 0 bridgehead atoms. The summed E-state index contributed by atoms with van der Waals surface area (Å²) in [4.78, 5) is 11.7. The number of alkyl halides is 1. The maximum atomic E-state index is 11.7. The van der Waals surface area contributed by atoms with Gasteiger partial charge in [-0.25, -0.2) is 0 Å². The molecule has 0 saturated heterocycles. The Morgan fingerprint density at radius 3 is 2.59 bits per heavy atom. The van der Waals surface area contributed by atoms with Crippen molar-refractivity contribution in [3.63, 3.8) is 0 Å². The minimum absolute atomic E-state index is 0.138. The minimum atomic E-state index is -0.453. The Morgan fingerprint density at radius 2 is 2.06 bits per heavy atom. The number of aliphatic hydroxyl groups is 1. The first-order valence-electron chi connectivity index (χ1n) is 5.78. The van der Waals surface area contributed by atoms with E-state index in [1.807, 2.05) is 19.1 Å². The van der Waals surface area contributed by atoms with Crippen molar-refractivity contribution < 1.29 is 9.90 Å². The zero-order chi connectivity index (χ0) is 12.7. The predicted octanol–water partition coefficient (Wildman–Crippen LogP) is 2.47. The van der Waals surface area contributed by atoms with E-state index in [0.717, 1.165) is 17.3 Å². The molecule has 0 aliphatic heterocycles. The molecule has 17 heavy (non-hydrogen) atoms. The summed E-state index contributed by atoms with van der Waals surface area (Å²) in [6.45, 7) is 2.32. The van der Waals surface area contributed by atoms with E-state index in [0.29, 0.717) is 18.5 Å². The molecule has 1 atom stereocenters. The van der Waals surface area contributed by atoms with E-state index < -0.39 is 6.10 Å². The van der Waals surface area contributed by atoms with Crippen molar-refractivity contribution in [3.8, 4) is 0 Å². The minimum Gasteiger partial charge on any atom is -0.391 e. The largest absolute Gasteiger partial charge is 0.391 e. The average Bonchev–Trinajstić information content (AvgIpc) is 2.36. The first-order chi connectivity index (χ1) is 8.17. The Labute approximate surface area is 110 Å². The van der Waals surface area contributed by atoms with Gasteiger partial charge in [-0.15, -0.1) is 0 Å². The number of nitrogens with one attached hydrogen (secondary N) is 1. The molecule has 0 aromatic heterocycles. The highest BCUT2D eigenvalue weighted by molar-refractivity contribution is 9.08. The van der Waals surface area contributed by atoms with E-state index in [1.165, 1.54) is 0 Å². The molecule has 1 amide bonds. The number of rotatable bonds is 6. The number of hydrogen-bond acceptors (Lipinski definition) is 2. The molecule has 0 aliphatic rings. The summed E-state index contributed by atoms with van der Waals surface area (Å²) in [5.74, 6) is -0.138. The normalized spacial score (nSPS) is 12.2. The molecule has 1 aromatic rings. The van der Waals surface area contributed by atoms with Crippen LogP contribution in [0.5, 0.6) is 0 Å². The lowest BCUT2D eigenvalue weighted by atomic mass is 10.1. The van der Waals surface area contributed by atoms with Gasteiger partial charge in [-0.3, -0.25) is 4.79 Å². The van der Waals surface area contributed by atoms with Crippen molar-refractivity contribution in [2.24, 2.45) is 0 Å². The molecule has 1 unspecified atom stereocenters. The monoisotopic (exact) mass is 299 g/mol. The predicted molar refractivity (Wildman–Crippen MR) is 72.3 cm³/mol. The third-order valence-corrected chi connectivity index (χ3v) is 3.14. The van der Waals surface area contributed by atoms with Gasteiger partial charge in [-0.05, 0) is 24.1 Å². The summed E-state index contributed by atoms with van der Waals surface area (Å²) >= 11 is 3.35. The van der Waals surface area contributed by atoms with Gasteiger partial charge < -0.3 is 10.4 Å². The van der Waals surface area contributed by atoms with Crippen LogP contribution in [0.15, 0.2) is 24.3 Å². The second kappa shape index (κ2) is 7.45. The number of aliphatic hydroxyl groups excluding tert-OH is 1. The quantitative estimate of drug-likeness (QED) is 0.793. The fourth-order valence-corrected chi connectivity index (χ4v) is 1.87. The number of carbonyl (C=O) groups excluding carboxylic acids is 1. The molecule has 1 rings (SSSR count). The van der Waals surface area contributed by atoms with Crippen molar-refractivity contribution in [1.82, 2.24) is 5.32 Å². The van der Waals surface area contributed by atoms with Crippen LogP contribution in [0.1, 0.15) is 35.7 Å². The number of benzene rings is 1. The maximum Gasteiger partial charge on any atom is 0.251 e. The lowest BCUT2D eigenvalue weighted by molar-refractivity contribution is 0.0910. The Bertz CT molecular complexity index is 351. The number of hydrogen-bond donors (Lipinski definition) is 2. The second-order valence-electron chi connectivity index (χ2n) is 3.98. The topological polar surface area (TPSA) is 49.3 Å². The summed E-state index contributed by atoms with van der Waals surface area (Å²) in [5, 5.41) is 13.0.